The molecule has 1 atom stereocenters. The van der Waals surface area contributed by atoms with E-state index in [4.69, 9.17) is 11.6 Å². The van der Waals surface area contributed by atoms with Crippen molar-refractivity contribution in [2.45, 2.75) is 53.2 Å². The van der Waals surface area contributed by atoms with Gasteiger partial charge in [0.2, 0.25) is 0 Å². The molecule has 0 aliphatic carbocycles. The van der Waals surface area contributed by atoms with E-state index in [0.29, 0.717) is 18.0 Å². The maximum Gasteiger partial charge on any atom is 0.0426 e. The Labute approximate surface area is 123 Å². The predicted molar refractivity (Wildman–Crippen MR) is 86.1 cm³/mol. The summed E-state index contributed by atoms with van der Waals surface area (Å²) in [4.78, 5) is 2.33. The molecule has 0 aliphatic rings. The van der Waals surface area contributed by atoms with E-state index in [0.717, 1.165) is 11.6 Å². The van der Waals surface area contributed by atoms with Crippen molar-refractivity contribution < 1.29 is 0 Å². The van der Waals surface area contributed by atoms with Gasteiger partial charge in [0.1, 0.15) is 0 Å². The first-order chi connectivity index (χ1) is 8.82. The van der Waals surface area contributed by atoms with Gasteiger partial charge in [-0.3, -0.25) is 0 Å². The number of halogens is 1. The van der Waals surface area contributed by atoms with Gasteiger partial charge in [-0.1, -0.05) is 45.4 Å². The largest absolute Gasteiger partial charge is 0.371 e. The Kier molecular flexibility index (Phi) is 6.15. The van der Waals surface area contributed by atoms with Crippen molar-refractivity contribution in [1.82, 2.24) is 5.32 Å². The van der Waals surface area contributed by atoms with Crippen LogP contribution in [0.4, 0.5) is 5.69 Å². The minimum Gasteiger partial charge on any atom is -0.371 e. The Morgan fingerprint density at radius 3 is 2.32 bits per heavy atom. The van der Waals surface area contributed by atoms with Gasteiger partial charge in [-0.25, -0.2) is 0 Å². The van der Waals surface area contributed by atoms with Crippen LogP contribution in [0.2, 0.25) is 5.02 Å². The van der Waals surface area contributed by atoms with Gasteiger partial charge in [0.25, 0.3) is 0 Å². The standard InChI is InChI=1S/C16H27ClN2/c1-11(2)13(5)19(6)16-9-15(17)8-7-14(16)10-18-12(3)4/h7-9,11-13,18H,10H2,1-6H3. The third-order valence-corrected chi connectivity index (χ3v) is 3.94. The molecule has 0 aromatic heterocycles. The van der Waals surface area contributed by atoms with Crippen LogP contribution in [0, 0.1) is 5.92 Å². The molecule has 1 rings (SSSR count). The third kappa shape index (κ3) is 4.70. The first-order valence-corrected chi connectivity index (χ1v) is 7.45. The molecular formula is C16H27ClN2. The molecule has 1 aromatic rings. The summed E-state index contributed by atoms with van der Waals surface area (Å²) in [6.07, 6.45) is 0. The van der Waals surface area contributed by atoms with Crippen molar-refractivity contribution in [2.24, 2.45) is 5.92 Å². The average molecular weight is 283 g/mol. The average Bonchev–Trinajstić information content (AvgIpc) is 2.35. The second kappa shape index (κ2) is 7.16. The summed E-state index contributed by atoms with van der Waals surface area (Å²) in [5, 5.41) is 4.27. The molecule has 1 unspecified atom stereocenters. The van der Waals surface area contributed by atoms with Crippen LogP contribution < -0.4 is 10.2 Å². The van der Waals surface area contributed by atoms with Gasteiger partial charge in [-0.2, -0.15) is 0 Å². The topological polar surface area (TPSA) is 15.3 Å². The normalized spacial score (nSPS) is 13.1. The van der Waals surface area contributed by atoms with Crippen molar-refractivity contribution in [3.05, 3.63) is 28.8 Å². The fourth-order valence-corrected chi connectivity index (χ4v) is 2.16. The summed E-state index contributed by atoms with van der Waals surface area (Å²) in [6.45, 7) is 12.0. The Hall–Kier alpha value is -0.730. The number of anilines is 1. The summed E-state index contributed by atoms with van der Waals surface area (Å²) >= 11 is 6.16. The van der Waals surface area contributed by atoms with E-state index in [1.54, 1.807) is 0 Å². The van der Waals surface area contributed by atoms with Crippen LogP contribution in [-0.2, 0) is 6.54 Å². The highest BCUT2D eigenvalue weighted by atomic mass is 35.5. The molecule has 1 aromatic carbocycles. The van der Waals surface area contributed by atoms with Crippen LogP contribution in [0.15, 0.2) is 18.2 Å². The highest BCUT2D eigenvalue weighted by Gasteiger charge is 2.16. The van der Waals surface area contributed by atoms with Gasteiger partial charge >= 0.3 is 0 Å². The van der Waals surface area contributed by atoms with Gasteiger partial charge in [-0.05, 0) is 30.5 Å². The van der Waals surface area contributed by atoms with Gasteiger partial charge in [-0.15, -0.1) is 0 Å². The Morgan fingerprint density at radius 2 is 1.79 bits per heavy atom. The number of rotatable bonds is 6. The number of hydrogen-bond donors (Lipinski definition) is 1. The number of nitrogens with one attached hydrogen (secondary N) is 1. The molecule has 0 spiro atoms. The molecule has 0 amide bonds. The molecule has 3 heteroatoms. The number of benzene rings is 1. The van der Waals surface area contributed by atoms with E-state index in [1.165, 1.54) is 11.3 Å². The highest BCUT2D eigenvalue weighted by Crippen LogP contribution is 2.27. The van der Waals surface area contributed by atoms with E-state index in [-0.39, 0.29) is 0 Å². The van der Waals surface area contributed by atoms with Crippen molar-refractivity contribution in [3.63, 3.8) is 0 Å². The predicted octanol–water partition coefficient (Wildman–Crippen LogP) is 4.32. The molecule has 0 saturated carbocycles. The van der Waals surface area contributed by atoms with E-state index in [9.17, 15) is 0 Å². The van der Waals surface area contributed by atoms with Crippen molar-refractivity contribution in [2.75, 3.05) is 11.9 Å². The van der Waals surface area contributed by atoms with Crippen LogP contribution in [-0.4, -0.2) is 19.1 Å². The fourth-order valence-electron chi connectivity index (χ4n) is 2.00. The van der Waals surface area contributed by atoms with Crippen LogP contribution >= 0.6 is 11.6 Å². The molecule has 0 saturated heterocycles. The second-order valence-corrected chi connectivity index (χ2v) is 6.34. The Bertz CT molecular complexity index is 402. The van der Waals surface area contributed by atoms with E-state index >= 15 is 0 Å². The maximum atomic E-state index is 6.16. The molecule has 1 N–H and O–H groups in total. The molecule has 19 heavy (non-hydrogen) atoms. The summed E-state index contributed by atoms with van der Waals surface area (Å²) in [5.74, 6) is 0.606. The molecule has 0 heterocycles. The zero-order chi connectivity index (χ0) is 14.6. The van der Waals surface area contributed by atoms with Gasteiger partial charge in [0, 0.05) is 36.4 Å². The Morgan fingerprint density at radius 1 is 1.16 bits per heavy atom. The lowest BCUT2D eigenvalue weighted by molar-refractivity contribution is 0.503. The van der Waals surface area contributed by atoms with Crippen LogP contribution in [0.3, 0.4) is 0 Å². The fraction of sp³-hybridized carbons (Fsp3) is 0.625. The Balaban J connectivity index is 2.99. The monoisotopic (exact) mass is 282 g/mol. The van der Waals surface area contributed by atoms with Gasteiger partial charge in [0.15, 0.2) is 0 Å². The summed E-state index contributed by atoms with van der Waals surface area (Å²) < 4.78 is 0. The van der Waals surface area contributed by atoms with Crippen molar-refractivity contribution in [1.29, 1.82) is 0 Å². The molecule has 0 bridgehead atoms. The number of hydrogen-bond acceptors (Lipinski definition) is 2. The summed E-state index contributed by atoms with van der Waals surface area (Å²) in [7, 11) is 2.15. The number of nitrogens with zero attached hydrogens (tertiary/aromatic N) is 1. The van der Waals surface area contributed by atoms with Gasteiger partial charge < -0.3 is 10.2 Å². The van der Waals surface area contributed by atoms with E-state index in [2.05, 4.69) is 64.0 Å². The molecule has 0 radical (unpaired) electrons. The first kappa shape index (κ1) is 16.3. The molecule has 108 valence electrons. The first-order valence-electron chi connectivity index (χ1n) is 7.07. The van der Waals surface area contributed by atoms with E-state index < -0.39 is 0 Å². The third-order valence-electron chi connectivity index (χ3n) is 3.70. The molecular weight excluding hydrogens is 256 g/mol. The van der Waals surface area contributed by atoms with Crippen LogP contribution in [0.5, 0.6) is 0 Å². The van der Waals surface area contributed by atoms with Gasteiger partial charge in [0.05, 0.1) is 0 Å². The zero-order valence-corrected chi connectivity index (χ0v) is 13.8. The minimum absolute atomic E-state index is 0.483. The minimum atomic E-state index is 0.483. The SMILES string of the molecule is CC(C)NCc1ccc(Cl)cc1N(C)C(C)C(C)C. The zero-order valence-electron chi connectivity index (χ0n) is 13.0. The highest BCUT2D eigenvalue weighted by molar-refractivity contribution is 6.30. The lowest BCUT2D eigenvalue weighted by Gasteiger charge is -2.32. The molecule has 2 nitrogen and oxygen atoms in total. The van der Waals surface area contributed by atoms with Crippen molar-refractivity contribution >= 4 is 17.3 Å². The lowest BCUT2D eigenvalue weighted by Crippen LogP contribution is -2.34. The van der Waals surface area contributed by atoms with E-state index in [1.807, 2.05) is 6.07 Å². The maximum absolute atomic E-state index is 6.16. The summed E-state index contributed by atoms with van der Waals surface area (Å²) in [5.41, 5.74) is 2.52. The lowest BCUT2D eigenvalue weighted by atomic mass is 10.0. The molecule has 0 fully saturated rings. The van der Waals surface area contributed by atoms with Crippen LogP contribution in [0.1, 0.15) is 40.2 Å². The smallest absolute Gasteiger partial charge is 0.0426 e. The second-order valence-electron chi connectivity index (χ2n) is 5.90. The van der Waals surface area contributed by atoms with Crippen molar-refractivity contribution in [3.8, 4) is 0 Å². The van der Waals surface area contributed by atoms with Crippen LogP contribution in [0.25, 0.3) is 0 Å². The summed E-state index contributed by atoms with van der Waals surface area (Å²) in [6, 6.07) is 7.12. The molecule has 0 aliphatic heterocycles. The quantitative estimate of drug-likeness (QED) is 0.836.